The van der Waals surface area contributed by atoms with Gasteiger partial charge in [0.25, 0.3) is 11.6 Å². The molecular formula is C21H22N2O7. The number of nitro groups is 1. The highest BCUT2D eigenvalue weighted by molar-refractivity contribution is 5.96. The van der Waals surface area contributed by atoms with Crippen LogP contribution in [0.4, 0.5) is 11.4 Å². The van der Waals surface area contributed by atoms with E-state index in [-0.39, 0.29) is 11.4 Å². The number of hydrogen-bond donors (Lipinski definition) is 1. The van der Waals surface area contributed by atoms with E-state index in [1.54, 1.807) is 31.2 Å². The molecule has 0 aliphatic rings. The first-order valence-corrected chi connectivity index (χ1v) is 9.05. The molecule has 2 aromatic carbocycles. The molecule has 0 heterocycles. The van der Waals surface area contributed by atoms with Gasteiger partial charge in [0.05, 0.1) is 18.6 Å². The van der Waals surface area contributed by atoms with Gasteiger partial charge in [-0.1, -0.05) is 18.2 Å². The fraction of sp³-hybridized carbons (Fsp3) is 0.238. The van der Waals surface area contributed by atoms with Gasteiger partial charge in [-0.2, -0.15) is 0 Å². The summed E-state index contributed by atoms with van der Waals surface area (Å²) in [5.74, 6) is -0.317. The Morgan fingerprint density at radius 1 is 1.20 bits per heavy atom. The summed E-state index contributed by atoms with van der Waals surface area (Å²) >= 11 is 0. The molecule has 2 rings (SSSR count). The maximum atomic E-state index is 12.0. The molecule has 0 bridgehead atoms. The van der Waals surface area contributed by atoms with E-state index < -0.39 is 23.4 Å². The second-order valence-corrected chi connectivity index (χ2v) is 6.06. The van der Waals surface area contributed by atoms with E-state index >= 15 is 0 Å². The molecule has 0 unspecified atom stereocenters. The van der Waals surface area contributed by atoms with Gasteiger partial charge in [-0.05, 0) is 43.2 Å². The molecule has 0 radical (unpaired) electrons. The predicted octanol–water partition coefficient (Wildman–Crippen LogP) is 3.51. The zero-order chi connectivity index (χ0) is 22.1. The summed E-state index contributed by atoms with van der Waals surface area (Å²) in [6, 6.07) is 9.57. The molecule has 9 heteroatoms. The van der Waals surface area contributed by atoms with E-state index in [0.717, 1.165) is 0 Å². The lowest BCUT2D eigenvalue weighted by molar-refractivity contribution is -0.384. The first-order valence-electron chi connectivity index (χ1n) is 9.05. The Hall–Kier alpha value is -3.88. The number of ether oxygens (including phenoxy) is 3. The number of carbonyl (C=O) groups excluding carboxylic acids is 2. The lowest BCUT2D eigenvalue weighted by Crippen LogP contribution is -2.21. The largest absolute Gasteiger partial charge is 0.493 e. The smallest absolute Gasteiger partial charge is 0.331 e. The number of esters is 1. The summed E-state index contributed by atoms with van der Waals surface area (Å²) in [6.07, 6.45) is 2.67. The van der Waals surface area contributed by atoms with Crippen LogP contribution in [0.1, 0.15) is 18.1 Å². The Balaban J connectivity index is 1.95. The van der Waals surface area contributed by atoms with Gasteiger partial charge >= 0.3 is 5.97 Å². The summed E-state index contributed by atoms with van der Waals surface area (Å²) in [7, 11) is 1.51. The van der Waals surface area contributed by atoms with Crippen LogP contribution in [0.25, 0.3) is 6.08 Å². The zero-order valence-electron chi connectivity index (χ0n) is 16.8. The highest BCUT2D eigenvalue weighted by Crippen LogP contribution is 2.29. The fourth-order valence-electron chi connectivity index (χ4n) is 2.55. The van der Waals surface area contributed by atoms with Crippen molar-refractivity contribution in [3.63, 3.8) is 0 Å². The Morgan fingerprint density at radius 2 is 1.97 bits per heavy atom. The van der Waals surface area contributed by atoms with E-state index in [1.165, 1.54) is 31.4 Å². The lowest BCUT2D eigenvalue weighted by atomic mass is 10.1. The minimum absolute atomic E-state index is 0.0700. The molecule has 1 amide bonds. The number of anilines is 1. The van der Waals surface area contributed by atoms with Crippen molar-refractivity contribution in [2.24, 2.45) is 0 Å². The maximum absolute atomic E-state index is 12.0. The van der Waals surface area contributed by atoms with E-state index in [4.69, 9.17) is 14.2 Å². The first-order chi connectivity index (χ1) is 14.3. The van der Waals surface area contributed by atoms with Crippen molar-refractivity contribution in [3.8, 4) is 11.5 Å². The van der Waals surface area contributed by atoms with E-state index in [1.807, 2.05) is 6.92 Å². The number of carbonyl (C=O) groups is 2. The minimum Gasteiger partial charge on any atom is -0.493 e. The number of nitrogens with one attached hydrogen (secondary N) is 1. The van der Waals surface area contributed by atoms with Crippen LogP contribution in [0.2, 0.25) is 0 Å². The van der Waals surface area contributed by atoms with Crippen molar-refractivity contribution in [3.05, 3.63) is 63.7 Å². The monoisotopic (exact) mass is 414 g/mol. The molecule has 0 aliphatic carbocycles. The number of amides is 1. The first kappa shape index (κ1) is 22.4. The average molecular weight is 414 g/mol. The molecule has 0 saturated carbocycles. The summed E-state index contributed by atoms with van der Waals surface area (Å²) in [6.45, 7) is 3.39. The van der Waals surface area contributed by atoms with Crippen LogP contribution >= 0.6 is 0 Å². The highest BCUT2D eigenvalue weighted by Gasteiger charge is 2.18. The third-order valence-electron chi connectivity index (χ3n) is 3.96. The number of para-hydroxylation sites is 1. The Kier molecular flexibility index (Phi) is 7.92. The average Bonchev–Trinajstić information content (AvgIpc) is 2.72. The van der Waals surface area contributed by atoms with Gasteiger partial charge in [-0.15, -0.1) is 0 Å². The Labute approximate surface area is 173 Å². The number of rotatable bonds is 9. The quantitative estimate of drug-likeness (QED) is 0.289. The van der Waals surface area contributed by atoms with Crippen molar-refractivity contribution >= 4 is 29.3 Å². The summed E-state index contributed by atoms with van der Waals surface area (Å²) in [5, 5.41) is 13.5. The van der Waals surface area contributed by atoms with Crippen LogP contribution in [-0.4, -0.2) is 37.1 Å². The molecule has 158 valence electrons. The minimum atomic E-state index is -0.739. The second kappa shape index (κ2) is 10.6. The number of benzene rings is 2. The molecule has 9 nitrogen and oxygen atoms in total. The van der Waals surface area contributed by atoms with Crippen molar-refractivity contribution in [1.82, 2.24) is 0 Å². The van der Waals surface area contributed by atoms with Crippen LogP contribution in [0.5, 0.6) is 11.5 Å². The zero-order valence-corrected chi connectivity index (χ0v) is 16.8. The van der Waals surface area contributed by atoms with Crippen LogP contribution < -0.4 is 14.8 Å². The van der Waals surface area contributed by atoms with E-state index in [2.05, 4.69) is 5.32 Å². The predicted molar refractivity (Wildman–Crippen MR) is 111 cm³/mol. The maximum Gasteiger partial charge on any atom is 0.331 e. The molecule has 0 spiro atoms. The Morgan fingerprint density at radius 3 is 2.63 bits per heavy atom. The van der Waals surface area contributed by atoms with Crippen LogP contribution in [-0.2, 0) is 14.3 Å². The SMILES string of the molecule is CCOc1ccc(/C=C/C(=O)OCC(=O)Nc2c(C)cccc2[N+](=O)[O-])cc1OC. The van der Waals surface area contributed by atoms with Gasteiger partial charge < -0.3 is 19.5 Å². The molecule has 1 N–H and O–H groups in total. The van der Waals surface area contributed by atoms with Gasteiger partial charge in [0.1, 0.15) is 5.69 Å². The van der Waals surface area contributed by atoms with E-state index in [0.29, 0.717) is 29.2 Å². The number of aryl methyl sites for hydroxylation is 1. The second-order valence-electron chi connectivity index (χ2n) is 6.06. The van der Waals surface area contributed by atoms with Crippen molar-refractivity contribution in [2.75, 3.05) is 25.6 Å². The lowest BCUT2D eigenvalue weighted by Gasteiger charge is -2.09. The van der Waals surface area contributed by atoms with Gasteiger partial charge in [0.2, 0.25) is 0 Å². The summed E-state index contributed by atoms with van der Waals surface area (Å²) < 4.78 is 15.6. The van der Waals surface area contributed by atoms with Crippen molar-refractivity contribution in [1.29, 1.82) is 0 Å². The normalized spacial score (nSPS) is 10.5. The van der Waals surface area contributed by atoms with Crippen LogP contribution in [0.3, 0.4) is 0 Å². The number of methoxy groups -OCH3 is 1. The molecule has 0 aromatic heterocycles. The molecule has 0 saturated heterocycles. The van der Waals surface area contributed by atoms with Crippen LogP contribution in [0, 0.1) is 17.0 Å². The number of hydrogen-bond acceptors (Lipinski definition) is 7. The number of nitro benzene ring substituents is 1. The molecule has 2 aromatic rings. The van der Waals surface area contributed by atoms with Crippen molar-refractivity contribution < 1.29 is 28.7 Å². The van der Waals surface area contributed by atoms with Gasteiger partial charge in [0.15, 0.2) is 18.1 Å². The standard InChI is InChI=1S/C21H22N2O7/c1-4-29-17-10-8-15(12-18(17)28-3)9-11-20(25)30-13-19(24)22-21-14(2)6-5-7-16(21)23(26)27/h5-12H,4,13H2,1-3H3,(H,22,24)/b11-9+. The number of nitrogens with zero attached hydrogens (tertiary/aromatic N) is 1. The Bertz CT molecular complexity index is 970. The van der Waals surface area contributed by atoms with Crippen molar-refractivity contribution in [2.45, 2.75) is 13.8 Å². The van der Waals surface area contributed by atoms with Crippen LogP contribution in [0.15, 0.2) is 42.5 Å². The summed E-state index contributed by atoms with van der Waals surface area (Å²) in [5.41, 5.74) is 1.03. The summed E-state index contributed by atoms with van der Waals surface area (Å²) in [4.78, 5) is 34.4. The van der Waals surface area contributed by atoms with Gasteiger partial charge in [-0.3, -0.25) is 14.9 Å². The molecule has 0 fully saturated rings. The topological polar surface area (TPSA) is 117 Å². The molecular weight excluding hydrogens is 392 g/mol. The third kappa shape index (κ3) is 6.06. The van der Waals surface area contributed by atoms with E-state index in [9.17, 15) is 19.7 Å². The molecule has 0 atom stereocenters. The van der Waals surface area contributed by atoms with Gasteiger partial charge in [0, 0.05) is 12.1 Å². The van der Waals surface area contributed by atoms with Gasteiger partial charge in [-0.25, -0.2) is 4.79 Å². The third-order valence-corrected chi connectivity index (χ3v) is 3.96. The highest BCUT2D eigenvalue weighted by atomic mass is 16.6. The molecule has 0 aliphatic heterocycles. The molecule has 30 heavy (non-hydrogen) atoms. The fourth-order valence-corrected chi connectivity index (χ4v) is 2.55.